The van der Waals surface area contributed by atoms with E-state index in [1.54, 1.807) is 0 Å². The molecular weight excluding hydrogens is 266 g/mol. The highest BCUT2D eigenvalue weighted by Crippen LogP contribution is 2.10. The third-order valence-corrected chi connectivity index (χ3v) is 3.73. The zero-order valence-corrected chi connectivity index (χ0v) is 12.6. The van der Waals surface area contributed by atoms with E-state index in [9.17, 15) is 4.79 Å². The Morgan fingerprint density at radius 1 is 1.52 bits per heavy atom. The first-order valence-electron chi connectivity index (χ1n) is 7.60. The zero-order valence-electron chi connectivity index (χ0n) is 12.6. The van der Waals surface area contributed by atoms with E-state index < -0.39 is 0 Å². The van der Waals surface area contributed by atoms with Gasteiger partial charge in [-0.1, -0.05) is 12.1 Å². The minimum atomic E-state index is -0.0351. The first-order chi connectivity index (χ1) is 10.2. The minimum Gasteiger partial charge on any atom is -0.395 e. The van der Waals surface area contributed by atoms with Gasteiger partial charge in [0.05, 0.1) is 13.2 Å². The van der Waals surface area contributed by atoms with Crippen LogP contribution in [0.5, 0.6) is 0 Å². The van der Waals surface area contributed by atoms with Gasteiger partial charge in [0, 0.05) is 24.8 Å². The molecule has 1 saturated heterocycles. The molecule has 2 rings (SSSR count). The number of hydrogen-bond donors (Lipinski definition) is 3. The molecule has 0 saturated carbocycles. The summed E-state index contributed by atoms with van der Waals surface area (Å²) in [6.07, 6.45) is 2.33. The Kier molecular flexibility index (Phi) is 6.17. The van der Waals surface area contributed by atoms with Crippen LogP contribution in [0.25, 0.3) is 0 Å². The van der Waals surface area contributed by atoms with E-state index in [0.29, 0.717) is 19.1 Å². The van der Waals surface area contributed by atoms with E-state index in [1.807, 2.05) is 36.1 Å². The average molecular weight is 291 g/mol. The third kappa shape index (κ3) is 5.46. The van der Waals surface area contributed by atoms with Gasteiger partial charge in [-0.25, -0.2) is 0 Å². The van der Waals surface area contributed by atoms with Crippen LogP contribution in [0.2, 0.25) is 0 Å². The lowest BCUT2D eigenvalue weighted by Gasteiger charge is -2.24. The molecule has 5 nitrogen and oxygen atoms in total. The Bertz CT molecular complexity index is 459. The number of carbonyl (C=O) groups is 1. The number of nitrogens with one attached hydrogen (secondary N) is 2. The lowest BCUT2D eigenvalue weighted by Crippen LogP contribution is -2.42. The van der Waals surface area contributed by atoms with Crippen molar-refractivity contribution in [1.82, 2.24) is 10.2 Å². The average Bonchev–Trinajstić information content (AvgIpc) is 2.91. The summed E-state index contributed by atoms with van der Waals surface area (Å²) in [6, 6.07) is 8.20. The van der Waals surface area contributed by atoms with Gasteiger partial charge in [-0.2, -0.15) is 0 Å². The number of anilines is 1. The van der Waals surface area contributed by atoms with Crippen molar-refractivity contribution in [3.8, 4) is 0 Å². The van der Waals surface area contributed by atoms with Crippen LogP contribution < -0.4 is 10.6 Å². The lowest BCUT2D eigenvalue weighted by atomic mass is 10.2. The van der Waals surface area contributed by atoms with Gasteiger partial charge >= 0.3 is 0 Å². The van der Waals surface area contributed by atoms with Crippen LogP contribution in [-0.2, 0) is 4.79 Å². The van der Waals surface area contributed by atoms with Crippen LogP contribution in [0, 0.1) is 6.92 Å². The quantitative estimate of drug-likeness (QED) is 0.701. The predicted molar refractivity (Wildman–Crippen MR) is 84.4 cm³/mol. The fraction of sp³-hybridized carbons (Fsp3) is 0.562. The van der Waals surface area contributed by atoms with Gasteiger partial charge in [0.15, 0.2) is 0 Å². The van der Waals surface area contributed by atoms with Gasteiger partial charge in [0.1, 0.15) is 0 Å². The van der Waals surface area contributed by atoms with Crippen LogP contribution in [0.3, 0.4) is 0 Å². The van der Waals surface area contributed by atoms with Gasteiger partial charge < -0.3 is 15.7 Å². The number of aliphatic hydroxyl groups is 1. The second kappa shape index (κ2) is 8.12. The van der Waals surface area contributed by atoms with Crippen LogP contribution in [-0.4, -0.2) is 54.7 Å². The number of nitrogens with zero attached hydrogens (tertiary/aromatic N) is 1. The normalized spacial score (nSPS) is 18.1. The summed E-state index contributed by atoms with van der Waals surface area (Å²) in [7, 11) is 0. The molecule has 0 aliphatic carbocycles. The summed E-state index contributed by atoms with van der Waals surface area (Å²) < 4.78 is 0. The second-order valence-corrected chi connectivity index (χ2v) is 5.67. The molecule has 1 aromatic carbocycles. The molecule has 21 heavy (non-hydrogen) atoms. The topological polar surface area (TPSA) is 64.6 Å². The molecule has 1 aliphatic rings. The molecule has 0 bridgehead atoms. The van der Waals surface area contributed by atoms with Gasteiger partial charge in [-0.3, -0.25) is 9.69 Å². The molecule has 0 radical (unpaired) electrons. The van der Waals surface area contributed by atoms with Crippen molar-refractivity contribution in [2.45, 2.75) is 25.8 Å². The SMILES string of the molecule is Cc1cccc(NC(=O)CN(CCO)CC2CCCN2)c1. The summed E-state index contributed by atoms with van der Waals surface area (Å²) in [5.74, 6) is -0.0351. The van der Waals surface area contributed by atoms with Crippen LogP contribution >= 0.6 is 0 Å². The third-order valence-electron chi connectivity index (χ3n) is 3.73. The zero-order chi connectivity index (χ0) is 15.1. The number of amides is 1. The molecule has 1 fully saturated rings. The highest BCUT2D eigenvalue weighted by atomic mass is 16.3. The molecule has 1 atom stereocenters. The van der Waals surface area contributed by atoms with E-state index in [2.05, 4.69) is 10.6 Å². The summed E-state index contributed by atoms with van der Waals surface area (Å²) in [5.41, 5.74) is 1.94. The largest absolute Gasteiger partial charge is 0.395 e. The fourth-order valence-corrected chi connectivity index (χ4v) is 2.73. The second-order valence-electron chi connectivity index (χ2n) is 5.67. The van der Waals surface area contributed by atoms with E-state index in [-0.39, 0.29) is 12.5 Å². The summed E-state index contributed by atoms with van der Waals surface area (Å²) in [5, 5.41) is 15.5. The summed E-state index contributed by atoms with van der Waals surface area (Å²) in [4.78, 5) is 14.1. The van der Waals surface area contributed by atoms with Crippen LogP contribution in [0.4, 0.5) is 5.69 Å². The Hall–Kier alpha value is -1.43. The number of carbonyl (C=O) groups excluding carboxylic acids is 1. The van der Waals surface area contributed by atoms with Crippen molar-refractivity contribution >= 4 is 11.6 Å². The maximum absolute atomic E-state index is 12.1. The Morgan fingerprint density at radius 3 is 3.05 bits per heavy atom. The molecule has 1 aliphatic heterocycles. The van der Waals surface area contributed by atoms with E-state index in [4.69, 9.17) is 5.11 Å². The molecule has 0 aromatic heterocycles. The minimum absolute atomic E-state index is 0.0351. The lowest BCUT2D eigenvalue weighted by molar-refractivity contribution is -0.117. The molecule has 0 spiro atoms. The van der Waals surface area contributed by atoms with Gasteiger partial charge in [-0.15, -0.1) is 0 Å². The molecule has 3 N–H and O–H groups in total. The number of rotatable bonds is 7. The molecule has 1 unspecified atom stereocenters. The molecule has 116 valence electrons. The molecule has 5 heteroatoms. The van der Waals surface area contributed by atoms with Gasteiger partial charge in [0.25, 0.3) is 0 Å². The van der Waals surface area contributed by atoms with Crippen molar-refractivity contribution in [3.05, 3.63) is 29.8 Å². The first-order valence-corrected chi connectivity index (χ1v) is 7.60. The Balaban J connectivity index is 1.85. The number of aliphatic hydroxyl groups excluding tert-OH is 1. The summed E-state index contributed by atoms with van der Waals surface area (Å²) in [6.45, 7) is 4.77. The van der Waals surface area contributed by atoms with Crippen molar-refractivity contribution in [1.29, 1.82) is 0 Å². The smallest absolute Gasteiger partial charge is 0.238 e. The van der Waals surface area contributed by atoms with Crippen molar-refractivity contribution in [2.24, 2.45) is 0 Å². The van der Waals surface area contributed by atoms with Crippen LogP contribution in [0.1, 0.15) is 18.4 Å². The number of hydrogen-bond acceptors (Lipinski definition) is 4. The van der Waals surface area contributed by atoms with E-state index >= 15 is 0 Å². The summed E-state index contributed by atoms with van der Waals surface area (Å²) >= 11 is 0. The Morgan fingerprint density at radius 2 is 2.38 bits per heavy atom. The van der Waals surface area contributed by atoms with Gasteiger partial charge in [-0.05, 0) is 44.0 Å². The van der Waals surface area contributed by atoms with Crippen LogP contribution in [0.15, 0.2) is 24.3 Å². The highest BCUT2D eigenvalue weighted by Gasteiger charge is 2.19. The molecule has 1 heterocycles. The maximum atomic E-state index is 12.1. The van der Waals surface area contributed by atoms with Crippen molar-refractivity contribution < 1.29 is 9.90 Å². The van der Waals surface area contributed by atoms with Gasteiger partial charge in [0.2, 0.25) is 5.91 Å². The Labute approximate surface area is 126 Å². The number of benzene rings is 1. The van der Waals surface area contributed by atoms with E-state index in [1.165, 1.54) is 6.42 Å². The molecule has 1 aromatic rings. The predicted octanol–water partition coefficient (Wildman–Crippen LogP) is 0.980. The molecular formula is C16H25N3O2. The highest BCUT2D eigenvalue weighted by molar-refractivity contribution is 5.92. The first kappa shape index (κ1) is 15.9. The van der Waals surface area contributed by atoms with E-state index in [0.717, 1.165) is 30.8 Å². The molecule has 1 amide bonds. The van der Waals surface area contributed by atoms with Crippen molar-refractivity contribution in [3.63, 3.8) is 0 Å². The van der Waals surface area contributed by atoms with Crippen molar-refractivity contribution in [2.75, 3.05) is 38.1 Å². The monoisotopic (exact) mass is 291 g/mol. The standard InChI is InChI=1S/C16H25N3O2/c1-13-4-2-5-14(10-13)18-16(21)12-19(8-9-20)11-15-6-3-7-17-15/h2,4-5,10,15,17,20H,3,6-9,11-12H2,1H3,(H,18,21). The number of aryl methyl sites for hydroxylation is 1. The fourth-order valence-electron chi connectivity index (χ4n) is 2.73. The maximum Gasteiger partial charge on any atom is 0.238 e.